The highest BCUT2D eigenvalue weighted by Gasteiger charge is 2.19. The Hall–Kier alpha value is -1.26. The van der Waals surface area contributed by atoms with E-state index in [-0.39, 0.29) is 0 Å². The van der Waals surface area contributed by atoms with Crippen molar-refractivity contribution in [3.05, 3.63) is 47.8 Å². The van der Waals surface area contributed by atoms with E-state index in [2.05, 4.69) is 40.9 Å². The Morgan fingerprint density at radius 3 is 3.17 bits per heavy atom. The van der Waals surface area contributed by atoms with Crippen molar-refractivity contribution in [2.75, 3.05) is 5.75 Å². The Kier molecular flexibility index (Phi) is 3.39. The van der Waals surface area contributed by atoms with Gasteiger partial charge in [-0.05, 0) is 23.8 Å². The highest BCUT2D eigenvalue weighted by atomic mass is 32.2. The standard InChI is InChI=1S/C14H17N3S/c1-17-10-11(9-16-17)8-15-13-6-7-18-14-5-3-2-4-12(13)14/h2-5,9-10,13,15H,6-8H2,1H3. The molecule has 2 heterocycles. The fourth-order valence-corrected chi connectivity index (χ4v) is 3.48. The molecule has 1 aromatic heterocycles. The zero-order chi connectivity index (χ0) is 12.4. The van der Waals surface area contributed by atoms with Gasteiger partial charge in [-0.15, -0.1) is 11.8 Å². The summed E-state index contributed by atoms with van der Waals surface area (Å²) in [4.78, 5) is 1.42. The van der Waals surface area contributed by atoms with Gasteiger partial charge in [0.25, 0.3) is 0 Å². The number of benzene rings is 1. The van der Waals surface area contributed by atoms with E-state index in [1.807, 2.05) is 29.7 Å². The van der Waals surface area contributed by atoms with Gasteiger partial charge in [0.1, 0.15) is 0 Å². The van der Waals surface area contributed by atoms with Crippen LogP contribution in [0.2, 0.25) is 0 Å². The van der Waals surface area contributed by atoms with Crippen molar-refractivity contribution in [1.82, 2.24) is 15.1 Å². The molecule has 1 aliphatic heterocycles. The second-order valence-electron chi connectivity index (χ2n) is 4.63. The van der Waals surface area contributed by atoms with Crippen molar-refractivity contribution in [3.8, 4) is 0 Å². The highest BCUT2D eigenvalue weighted by Crippen LogP contribution is 2.35. The molecule has 3 rings (SSSR count). The summed E-state index contributed by atoms with van der Waals surface area (Å²) in [5.41, 5.74) is 2.69. The Morgan fingerprint density at radius 1 is 1.44 bits per heavy atom. The fraction of sp³-hybridized carbons (Fsp3) is 0.357. The summed E-state index contributed by atoms with van der Waals surface area (Å²) >= 11 is 1.96. The summed E-state index contributed by atoms with van der Waals surface area (Å²) in [5, 5.41) is 7.84. The molecule has 1 aliphatic rings. The van der Waals surface area contributed by atoms with Gasteiger partial charge in [-0.1, -0.05) is 18.2 Å². The maximum atomic E-state index is 4.20. The van der Waals surface area contributed by atoms with Crippen LogP contribution in [0.1, 0.15) is 23.6 Å². The Bertz CT molecular complexity index is 535. The van der Waals surface area contributed by atoms with Crippen LogP contribution in [0.5, 0.6) is 0 Å². The monoisotopic (exact) mass is 259 g/mol. The lowest BCUT2D eigenvalue weighted by molar-refractivity contribution is 0.510. The zero-order valence-electron chi connectivity index (χ0n) is 10.5. The molecule has 1 atom stereocenters. The van der Waals surface area contributed by atoms with Crippen LogP contribution in [-0.4, -0.2) is 15.5 Å². The van der Waals surface area contributed by atoms with Gasteiger partial charge in [0.05, 0.1) is 6.20 Å². The molecule has 1 N–H and O–H groups in total. The summed E-state index contributed by atoms with van der Waals surface area (Å²) in [6.45, 7) is 0.886. The maximum absolute atomic E-state index is 4.20. The fourth-order valence-electron chi connectivity index (χ4n) is 2.36. The summed E-state index contributed by atoms with van der Waals surface area (Å²) in [5.74, 6) is 1.20. The molecule has 0 aliphatic carbocycles. The number of hydrogen-bond donors (Lipinski definition) is 1. The van der Waals surface area contributed by atoms with E-state index in [1.165, 1.54) is 28.2 Å². The first-order chi connectivity index (χ1) is 8.83. The predicted octanol–water partition coefficient (Wildman–Crippen LogP) is 2.75. The molecule has 2 aromatic rings. The minimum atomic E-state index is 0.475. The molecular formula is C14H17N3S. The van der Waals surface area contributed by atoms with Crippen LogP contribution in [0, 0.1) is 0 Å². The molecule has 3 nitrogen and oxygen atoms in total. The highest BCUT2D eigenvalue weighted by molar-refractivity contribution is 7.99. The molecule has 94 valence electrons. The van der Waals surface area contributed by atoms with Crippen LogP contribution >= 0.6 is 11.8 Å². The molecule has 0 saturated heterocycles. The van der Waals surface area contributed by atoms with E-state index < -0.39 is 0 Å². The molecule has 0 saturated carbocycles. The molecule has 1 aromatic carbocycles. The summed E-state index contributed by atoms with van der Waals surface area (Å²) in [7, 11) is 1.95. The number of aryl methyl sites for hydroxylation is 1. The first-order valence-corrected chi connectivity index (χ1v) is 7.24. The third-order valence-corrected chi connectivity index (χ3v) is 4.39. The van der Waals surface area contributed by atoms with Gasteiger partial charge in [-0.2, -0.15) is 5.10 Å². The average molecular weight is 259 g/mol. The number of nitrogens with zero attached hydrogens (tertiary/aromatic N) is 2. The van der Waals surface area contributed by atoms with Crippen LogP contribution in [0.15, 0.2) is 41.6 Å². The quantitative estimate of drug-likeness (QED) is 0.919. The van der Waals surface area contributed by atoms with Gasteiger partial charge in [-0.3, -0.25) is 4.68 Å². The smallest absolute Gasteiger partial charge is 0.0534 e. The van der Waals surface area contributed by atoms with E-state index in [0.29, 0.717) is 6.04 Å². The minimum absolute atomic E-state index is 0.475. The van der Waals surface area contributed by atoms with E-state index in [0.717, 1.165) is 6.54 Å². The third-order valence-electron chi connectivity index (χ3n) is 3.27. The lowest BCUT2D eigenvalue weighted by atomic mass is 10.0. The lowest BCUT2D eigenvalue weighted by Gasteiger charge is -2.25. The van der Waals surface area contributed by atoms with Gasteiger partial charge >= 0.3 is 0 Å². The van der Waals surface area contributed by atoms with Gasteiger partial charge in [-0.25, -0.2) is 0 Å². The van der Waals surface area contributed by atoms with Gasteiger partial charge < -0.3 is 5.32 Å². The van der Waals surface area contributed by atoms with Crippen LogP contribution in [0.3, 0.4) is 0 Å². The van der Waals surface area contributed by atoms with Crippen molar-refractivity contribution in [2.24, 2.45) is 7.05 Å². The average Bonchev–Trinajstić information content (AvgIpc) is 2.82. The normalized spacial score (nSPS) is 18.6. The number of aromatic nitrogens is 2. The number of rotatable bonds is 3. The second-order valence-corrected chi connectivity index (χ2v) is 5.77. The molecule has 0 radical (unpaired) electrons. The second kappa shape index (κ2) is 5.16. The summed E-state index contributed by atoms with van der Waals surface area (Å²) in [6.07, 6.45) is 5.19. The number of hydrogen-bond acceptors (Lipinski definition) is 3. The molecule has 0 amide bonds. The summed E-state index contributed by atoms with van der Waals surface area (Å²) in [6, 6.07) is 9.18. The molecule has 4 heteroatoms. The van der Waals surface area contributed by atoms with Gasteiger partial charge in [0.2, 0.25) is 0 Å². The molecule has 0 spiro atoms. The van der Waals surface area contributed by atoms with Gasteiger partial charge in [0.15, 0.2) is 0 Å². The maximum Gasteiger partial charge on any atom is 0.0534 e. The largest absolute Gasteiger partial charge is 0.306 e. The predicted molar refractivity (Wildman–Crippen MR) is 74.6 cm³/mol. The first-order valence-electron chi connectivity index (χ1n) is 6.25. The van der Waals surface area contributed by atoms with E-state index in [4.69, 9.17) is 0 Å². The molecule has 0 fully saturated rings. The summed E-state index contributed by atoms with van der Waals surface area (Å²) < 4.78 is 1.85. The van der Waals surface area contributed by atoms with Gasteiger partial charge in [0, 0.05) is 36.3 Å². The first kappa shape index (κ1) is 11.8. The number of thioether (sulfide) groups is 1. The Balaban J connectivity index is 1.71. The van der Waals surface area contributed by atoms with Crippen molar-refractivity contribution < 1.29 is 0 Å². The number of nitrogens with one attached hydrogen (secondary N) is 1. The van der Waals surface area contributed by atoms with Crippen LogP contribution in [-0.2, 0) is 13.6 Å². The Labute approximate surface area is 112 Å². The molecule has 18 heavy (non-hydrogen) atoms. The lowest BCUT2D eigenvalue weighted by Crippen LogP contribution is -2.24. The van der Waals surface area contributed by atoms with Crippen LogP contribution in [0.4, 0.5) is 0 Å². The van der Waals surface area contributed by atoms with Crippen molar-refractivity contribution in [2.45, 2.75) is 23.9 Å². The van der Waals surface area contributed by atoms with E-state index in [1.54, 1.807) is 0 Å². The van der Waals surface area contributed by atoms with Crippen molar-refractivity contribution >= 4 is 11.8 Å². The Morgan fingerprint density at radius 2 is 2.33 bits per heavy atom. The van der Waals surface area contributed by atoms with Crippen molar-refractivity contribution in [3.63, 3.8) is 0 Å². The molecule has 1 unspecified atom stereocenters. The van der Waals surface area contributed by atoms with E-state index in [9.17, 15) is 0 Å². The molecular weight excluding hydrogens is 242 g/mol. The SMILES string of the molecule is Cn1cc(CNC2CCSc3ccccc32)cn1. The van der Waals surface area contributed by atoms with Crippen LogP contribution in [0.25, 0.3) is 0 Å². The topological polar surface area (TPSA) is 29.9 Å². The van der Waals surface area contributed by atoms with E-state index >= 15 is 0 Å². The zero-order valence-corrected chi connectivity index (χ0v) is 11.3. The molecule has 0 bridgehead atoms. The van der Waals surface area contributed by atoms with Crippen molar-refractivity contribution in [1.29, 1.82) is 0 Å². The third kappa shape index (κ3) is 2.44. The minimum Gasteiger partial charge on any atom is -0.306 e. The van der Waals surface area contributed by atoms with Crippen LogP contribution < -0.4 is 5.32 Å². The number of fused-ring (bicyclic) bond motifs is 1.